The molecule has 5 heteroatoms. The minimum atomic E-state index is -0.231. The molecule has 3 rings (SSSR count). The number of hydrogen-bond acceptors (Lipinski definition) is 4. The summed E-state index contributed by atoms with van der Waals surface area (Å²) in [6, 6.07) is 10.2. The van der Waals surface area contributed by atoms with Gasteiger partial charge in [0, 0.05) is 17.0 Å². The second-order valence-electron chi connectivity index (χ2n) is 5.48. The molecule has 1 aromatic heterocycles. The fraction of sp³-hybridized carbons (Fsp3) is 0.412. The highest BCUT2D eigenvalue weighted by Gasteiger charge is 2.20. The van der Waals surface area contributed by atoms with Gasteiger partial charge in [0.1, 0.15) is 5.03 Å². The summed E-state index contributed by atoms with van der Waals surface area (Å²) >= 11 is 1.64. The van der Waals surface area contributed by atoms with Crippen LogP contribution in [0.15, 0.2) is 40.2 Å². The van der Waals surface area contributed by atoms with Gasteiger partial charge in [-0.05, 0) is 31.2 Å². The van der Waals surface area contributed by atoms with Crippen molar-refractivity contribution in [1.29, 1.82) is 0 Å². The van der Waals surface area contributed by atoms with E-state index < -0.39 is 0 Å². The van der Waals surface area contributed by atoms with E-state index in [1.807, 2.05) is 18.2 Å². The Morgan fingerprint density at radius 3 is 2.73 bits per heavy atom. The van der Waals surface area contributed by atoms with Crippen LogP contribution in [0.1, 0.15) is 29.7 Å². The summed E-state index contributed by atoms with van der Waals surface area (Å²) in [5.74, 6) is 0.823. The summed E-state index contributed by atoms with van der Waals surface area (Å²) in [6.07, 6.45) is 4.13. The number of thioether (sulfide) groups is 1. The predicted molar refractivity (Wildman–Crippen MR) is 88.2 cm³/mol. The summed E-state index contributed by atoms with van der Waals surface area (Å²) in [5, 5.41) is 10.0. The lowest BCUT2D eigenvalue weighted by atomic mass is 9.97. The van der Waals surface area contributed by atoms with E-state index in [4.69, 9.17) is 0 Å². The Morgan fingerprint density at radius 2 is 1.95 bits per heavy atom. The number of nitrogens with zero attached hydrogens (tertiary/aromatic N) is 2. The van der Waals surface area contributed by atoms with Crippen LogP contribution in [0.2, 0.25) is 0 Å². The minimum Gasteiger partial charge on any atom is -0.395 e. The van der Waals surface area contributed by atoms with Crippen LogP contribution < -0.4 is 5.69 Å². The lowest BCUT2D eigenvalue weighted by Gasteiger charge is -2.22. The normalized spacial score (nSPS) is 13.9. The van der Waals surface area contributed by atoms with Crippen molar-refractivity contribution in [2.24, 2.45) is 0 Å². The van der Waals surface area contributed by atoms with Gasteiger partial charge in [-0.1, -0.05) is 30.3 Å². The van der Waals surface area contributed by atoms with Gasteiger partial charge in [-0.2, -0.15) is 4.98 Å². The van der Waals surface area contributed by atoms with Gasteiger partial charge in [0.2, 0.25) is 0 Å². The van der Waals surface area contributed by atoms with Crippen LogP contribution in [0, 0.1) is 0 Å². The van der Waals surface area contributed by atoms with Crippen molar-refractivity contribution in [3.05, 3.63) is 57.6 Å². The molecule has 1 heterocycles. The standard InChI is InChI=1S/C17H20N2O2S/c20-11-10-19-15-9-5-4-8-14(15)16(18-17(19)21)22-12-13-6-2-1-3-7-13/h1-3,6-7,20H,4-5,8-12H2. The summed E-state index contributed by atoms with van der Waals surface area (Å²) in [7, 11) is 0. The van der Waals surface area contributed by atoms with Crippen LogP contribution in [0.25, 0.3) is 0 Å². The van der Waals surface area contributed by atoms with E-state index in [0.29, 0.717) is 6.54 Å². The van der Waals surface area contributed by atoms with Crippen LogP contribution in [-0.2, 0) is 25.1 Å². The van der Waals surface area contributed by atoms with Crippen molar-refractivity contribution < 1.29 is 5.11 Å². The number of aromatic nitrogens is 2. The highest BCUT2D eigenvalue weighted by molar-refractivity contribution is 7.98. The maximum Gasteiger partial charge on any atom is 0.348 e. The van der Waals surface area contributed by atoms with Gasteiger partial charge in [0.25, 0.3) is 0 Å². The number of aliphatic hydroxyl groups is 1. The maximum absolute atomic E-state index is 12.2. The third-order valence-corrected chi connectivity index (χ3v) is 5.08. The lowest BCUT2D eigenvalue weighted by molar-refractivity contribution is 0.269. The summed E-state index contributed by atoms with van der Waals surface area (Å²) in [5.41, 5.74) is 3.29. The fourth-order valence-corrected chi connectivity index (χ4v) is 3.96. The number of aliphatic hydroxyl groups excluding tert-OH is 1. The van der Waals surface area contributed by atoms with Crippen LogP contribution in [0.5, 0.6) is 0 Å². The average molecular weight is 316 g/mol. The van der Waals surface area contributed by atoms with Crippen LogP contribution in [0.3, 0.4) is 0 Å². The van der Waals surface area contributed by atoms with Crippen molar-refractivity contribution in [2.45, 2.75) is 43.0 Å². The predicted octanol–water partition coefficient (Wildman–Crippen LogP) is 2.41. The molecule has 1 aromatic carbocycles. The zero-order valence-corrected chi connectivity index (χ0v) is 13.3. The fourth-order valence-electron chi connectivity index (χ4n) is 2.92. The van der Waals surface area contributed by atoms with Gasteiger partial charge in [0.05, 0.1) is 13.2 Å². The first-order chi connectivity index (χ1) is 10.8. The second kappa shape index (κ2) is 7.11. The van der Waals surface area contributed by atoms with E-state index in [2.05, 4.69) is 17.1 Å². The largest absolute Gasteiger partial charge is 0.395 e. The molecule has 1 aliphatic carbocycles. The van der Waals surface area contributed by atoms with E-state index in [0.717, 1.165) is 42.2 Å². The Bertz CT molecular complexity index is 698. The third-order valence-electron chi connectivity index (χ3n) is 3.99. The molecule has 0 amide bonds. The first kappa shape index (κ1) is 15.3. The molecule has 0 fully saturated rings. The van der Waals surface area contributed by atoms with Gasteiger partial charge in [0.15, 0.2) is 0 Å². The molecule has 0 unspecified atom stereocenters. The number of hydrogen-bond donors (Lipinski definition) is 1. The van der Waals surface area contributed by atoms with Crippen molar-refractivity contribution in [3.8, 4) is 0 Å². The summed E-state index contributed by atoms with van der Waals surface area (Å²) < 4.78 is 1.65. The highest BCUT2D eigenvalue weighted by atomic mass is 32.2. The van der Waals surface area contributed by atoms with Crippen LogP contribution in [0.4, 0.5) is 0 Å². The molecular weight excluding hydrogens is 296 g/mol. The van der Waals surface area contributed by atoms with Gasteiger partial charge in [-0.15, -0.1) is 11.8 Å². The van der Waals surface area contributed by atoms with E-state index in [9.17, 15) is 9.90 Å². The molecule has 0 bridgehead atoms. The summed E-state index contributed by atoms with van der Waals surface area (Å²) in [6.45, 7) is 0.322. The first-order valence-corrected chi connectivity index (χ1v) is 8.68. The molecule has 0 saturated heterocycles. The van der Waals surface area contributed by atoms with E-state index in [-0.39, 0.29) is 12.3 Å². The number of fused-ring (bicyclic) bond motifs is 1. The van der Waals surface area contributed by atoms with Gasteiger partial charge >= 0.3 is 5.69 Å². The first-order valence-electron chi connectivity index (χ1n) is 7.70. The van der Waals surface area contributed by atoms with E-state index in [1.54, 1.807) is 16.3 Å². The second-order valence-corrected chi connectivity index (χ2v) is 6.45. The Kier molecular flexibility index (Phi) is 4.95. The molecule has 1 N–H and O–H groups in total. The molecule has 2 aromatic rings. The quantitative estimate of drug-likeness (QED) is 0.680. The molecule has 4 nitrogen and oxygen atoms in total. The molecule has 1 aliphatic rings. The Hall–Kier alpha value is -1.59. The third kappa shape index (κ3) is 3.25. The van der Waals surface area contributed by atoms with Crippen molar-refractivity contribution in [1.82, 2.24) is 9.55 Å². The zero-order chi connectivity index (χ0) is 15.4. The smallest absolute Gasteiger partial charge is 0.348 e. The molecule has 0 radical (unpaired) electrons. The van der Waals surface area contributed by atoms with Gasteiger partial charge in [-0.3, -0.25) is 4.57 Å². The van der Waals surface area contributed by atoms with Crippen molar-refractivity contribution >= 4 is 11.8 Å². The topological polar surface area (TPSA) is 55.1 Å². The Labute approximate surface area is 134 Å². The minimum absolute atomic E-state index is 0.0233. The SMILES string of the molecule is O=c1nc(SCc2ccccc2)c2c(n1CCO)CCCC2. The summed E-state index contributed by atoms with van der Waals surface area (Å²) in [4.78, 5) is 16.5. The maximum atomic E-state index is 12.2. The molecule has 116 valence electrons. The van der Waals surface area contributed by atoms with E-state index in [1.165, 1.54) is 11.1 Å². The average Bonchev–Trinajstić information content (AvgIpc) is 2.57. The van der Waals surface area contributed by atoms with Crippen molar-refractivity contribution in [2.75, 3.05) is 6.61 Å². The molecule has 0 aliphatic heterocycles. The zero-order valence-electron chi connectivity index (χ0n) is 12.5. The molecular formula is C17H20N2O2S. The van der Waals surface area contributed by atoms with Crippen LogP contribution in [-0.4, -0.2) is 21.3 Å². The Morgan fingerprint density at radius 1 is 1.18 bits per heavy atom. The monoisotopic (exact) mass is 316 g/mol. The molecule has 0 saturated carbocycles. The van der Waals surface area contributed by atoms with E-state index >= 15 is 0 Å². The molecule has 0 spiro atoms. The van der Waals surface area contributed by atoms with Crippen molar-refractivity contribution in [3.63, 3.8) is 0 Å². The number of benzene rings is 1. The molecule has 0 atom stereocenters. The number of rotatable bonds is 5. The van der Waals surface area contributed by atoms with Gasteiger partial charge in [-0.25, -0.2) is 4.79 Å². The van der Waals surface area contributed by atoms with Crippen LogP contribution >= 0.6 is 11.8 Å². The lowest BCUT2D eigenvalue weighted by Crippen LogP contribution is -2.31. The molecule has 22 heavy (non-hydrogen) atoms. The Balaban J connectivity index is 1.91. The van der Waals surface area contributed by atoms with Gasteiger partial charge < -0.3 is 5.11 Å². The highest BCUT2D eigenvalue weighted by Crippen LogP contribution is 2.30.